The van der Waals surface area contributed by atoms with Crippen molar-refractivity contribution in [1.82, 2.24) is 0 Å². The highest BCUT2D eigenvalue weighted by Gasteiger charge is 2.48. The van der Waals surface area contributed by atoms with Crippen molar-refractivity contribution in [2.24, 2.45) is 23.7 Å². The van der Waals surface area contributed by atoms with Crippen LogP contribution in [0, 0.1) is 23.7 Å². The predicted octanol–water partition coefficient (Wildman–Crippen LogP) is 5.28. The van der Waals surface area contributed by atoms with Crippen molar-refractivity contribution in [3.63, 3.8) is 0 Å². The lowest BCUT2D eigenvalue weighted by atomic mass is 9.61. The number of carbonyl (C=O) groups is 2. The molecule has 0 N–H and O–H groups in total. The van der Waals surface area contributed by atoms with Crippen molar-refractivity contribution in [3.8, 4) is 0 Å². The summed E-state index contributed by atoms with van der Waals surface area (Å²) in [6.07, 6.45) is 7.43. The number of ether oxygens (including phenoxy) is 2. The summed E-state index contributed by atoms with van der Waals surface area (Å²) >= 11 is 0. The summed E-state index contributed by atoms with van der Waals surface area (Å²) in [6, 6.07) is 0. The number of rotatable bonds is 6. The van der Waals surface area contributed by atoms with Crippen LogP contribution in [-0.4, -0.2) is 23.1 Å². The topological polar surface area (TPSA) is 52.6 Å². The first-order valence-corrected chi connectivity index (χ1v) is 10.6. The molecule has 2 aliphatic rings. The van der Waals surface area contributed by atoms with Crippen molar-refractivity contribution in [3.05, 3.63) is 0 Å². The molecule has 0 heterocycles. The molecule has 4 heteroatoms. The van der Waals surface area contributed by atoms with E-state index in [2.05, 4.69) is 0 Å². The van der Waals surface area contributed by atoms with Crippen LogP contribution in [-0.2, 0) is 19.1 Å². The molecule has 0 aromatic carbocycles. The van der Waals surface area contributed by atoms with Crippen LogP contribution in [0.15, 0.2) is 0 Å². The molecular weight excluding hydrogens is 328 g/mol. The Kier molecular flexibility index (Phi) is 6.79. The second-order valence-electron chi connectivity index (χ2n) is 9.47. The summed E-state index contributed by atoms with van der Waals surface area (Å²) in [5, 5.41) is 0. The zero-order chi connectivity index (χ0) is 19.5. The highest BCUT2D eigenvalue weighted by Crippen LogP contribution is 2.48. The lowest BCUT2D eigenvalue weighted by Crippen LogP contribution is -2.46. The van der Waals surface area contributed by atoms with Crippen LogP contribution >= 0.6 is 0 Å². The number of fused-ring (bicyclic) bond motifs is 1. The first-order valence-electron chi connectivity index (χ1n) is 10.6. The highest BCUT2D eigenvalue weighted by atomic mass is 16.6. The third-order valence-electron chi connectivity index (χ3n) is 6.76. The second kappa shape index (κ2) is 8.31. The van der Waals surface area contributed by atoms with E-state index in [1.165, 1.54) is 0 Å². The predicted molar refractivity (Wildman–Crippen MR) is 103 cm³/mol. The highest BCUT2D eigenvalue weighted by molar-refractivity contribution is 5.76. The minimum absolute atomic E-state index is 0.0607. The Hall–Kier alpha value is -1.06. The number of hydrogen-bond donors (Lipinski definition) is 0. The van der Waals surface area contributed by atoms with Gasteiger partial charge in [0.25, 0.3) is 0 Å². The SMILES string of the molecule is CCC(C)(C)OC(=O)C1CCC(C(=O)OC(C)(C)CC)C2CCCCC12. The van der Waals surface area contributed by atoms with E-state index < -0.39 is 11.2 Å². The van der Waals surface area contributed by atoms with Gasteiger partial charge in [-0.05, 0) is 78.1 Å². The fraction of sp³-hybridized carbons (Fsp3) is 0.909. The summed E-state index contributed by atoms with van der Waals surface area (Å²) in [5.74, 6) is 0.285. The van der Waals surface area contributed by atoms with Crippen molar-refractivity contribution < 1.29 is 19.1 Å². The smallest absolute Gasteiger partial charge is 0.309 e. The van der Waals surface area contributed by atoms with E-state index in [4.69, 9.17) is 9.47 Å². The maximum absolute atomic E-state index is 12.8. The van der Waals surface area contributed by atoms with Crippen LogP contribution in [0.4, 0.5) is 0 Å². The molecule has 4 atom stereocenters. The van der Waals surface area contributed by atoms with Crippen molar-refractivity contribution in [2.75, 3.05) is 0 Å². The first-order chi connectivity index (χ1) is 12.1. The van der Waals surface area contributed by atoms with Crippen LogP contribution in [0.25, 0.3) is 0 Å². The Balaban J connectivity index is 2.11. The monoisotopic (exact) mass is 366 g/mol. The molecule has 26 heavy (non-hydrogen) atoms. The molecule has 0 aromatic heterocycles. The molecule has 150 valence electrons. The van der Waals surface area contributed by atoms with Crippen LogP contribution in [0.5, 0.6) is 0 Å². The maximum Gasteiger partial charge on any atom is 0.309 e. The minimum atomic E-state index is -0.415. The Bertz CT molecular complexity index is 462. The summed E-state index contributed by atoms with van der Waals surface area (Å²) in [6.45, 7) is 12.0. The molecule has 0 saturated heterocycles. The number of hydrogen-bond acceptors (Lipinski definition) is 4. The number of carbonyl (C=O) groups excluding carboxylic acids is 2. The van der Waals surface area contributed by atoms with Gasteiger partial charge in [0.15, 0.2) is 0 Å². The molecule has 0 amide bonds. The quantitative estimate of drug-likeness (QED) is 0.600. The number of esters is 2. The Morgan fingerprint density at radius 1 is 0.731 bits per heavy atom. The Morgan fingerprint density at radius 2 is 1.08 bits per heavy atom. The Morgan fingerprint density at radius 3 is 1.38 bits per heavy atom. The van der Waals surface area contributed by atoms with Gasteiger partial charge in [-0.3, -0.25) is 9.59 Å². The summed E-state index contributed by atoms with van der Waals surface area (Å²) < 4.78 is 11.6. The Labute approximate surface area is 159 Å². The van der Waals surface area contributed by atoms with Crippen LogP contribution in [0.1, 0.15) is 92.9 Å². The fourth-order valence-electron chi connectivity index (χ4n) is 4.40. The lowest BCUT2D eigenvalue weighted by Gasteiger charge is -2.45. The van der Waals surface area contributed by atoms with Gasteiger partial charge in [0, 0.05) is 0 Å². The maximum atomic E-state index is 12.8. The van der Waals surface area contributed by atoms with Crippen LogP contribution < -0.4 is 0 Å². The zero-order valence-electron chi connectivity index (χ0n) is 17.6. The molecule has 0 aliphatic heterocycles. The van der Waals surface area contributed by atoms with Crippen molar-refractivity contribution in [1.29, 1.82) is 0 Å². The summed E-state index contributed by atoms with van der Waals surface area (Å²) in [7, 11) is 0. The normalized spacial score (nSPS) is 29.6. The summed E-state index contributed by atoms with van der Waals surface area (Å²) in [5.41, 5.74) is -0.829. The molecular formula is C22H38O4. The van der Waals surface area contributed by atoms with Crippen molar-refractivity contribution >= 4 is 11.9 Å². The lowest BCUT2D eigenvalue weighted by molar-refractivity contribution is -0.177. The van der Waals surface area contributed by atoms with Gasteiger partial charge >= 0.3 is 11.9 Å². The van der Waals surface area contributed by atoms with Gasteiger partial charge in [-0.15, -0.1) is 0 Å². The molecule has 0 spiro atoms. The molecule has 2 aliphatic carbocycles. The van der Waals surface area contributed by atoms with E-state index in [9.17, 15) is 9.59 Å². The van der Waals surface area contributed by atoms with E-state index in [1.807, 2.05) is 41.5 Å². The van der Waals surface area contributed by atoms with Gasteiger partial charge in [0.05, 0.1) is 11.8 Å². The molecule has 0 aromatic rings. The minimum Gasteiger partial charge on any atom is -0.459 e. The van der Waals surface area contributed by atoms with Crippen molar-refractivity contribution in [2.45, 2.75) is 104 Å². The van der Waals surface area contributed by atoms with E-state index >= 15 is 0 Å². The molecule has 0 radical (unpaired) electrons. The first kappa shape index (κ1) is 21.2. The van der Waals surface area contributed by atoms with E-state index in [-0.39, 0.29) is 35.6 Å². The average molecular weight is 367 g/mol. The third-order valence-corrected chi connectivity index (χ3v) is 6.76. The standard InChI is InChI=1S/C22H38O4/c1-7-21(3,4)25-19(23)17-13-14-18(16-12-10-9-11-15(16)17)20(24)26-22(5,6)8-2/h15-18H,7-14H2,1-6H3. The molecule has 4 unspecified atom stereocenters. The zero-order valence-corrected chi connectivity index (χ0v) is 17.6. The second-order valence-corrected chi connectivity index (χ2v) is 9.47. The van der Waals surface area contributed by atoms with E-state index in [0.717, 1.165) is 51.4 Å². The van der Waals surface area contributed by atoms with Crippen LogP contribution in [0.2, 0.25) is 0 Å². The molecule has 4 nitrogen and oxygen atoms in total. The van der Waals surface area contributed by atoms with E-state index in [1.54, 1.807) is 0 Å². The largest absolute Gasteiger partial charge is 0.459 e. The average Bonchev–Trinajstić information content (AvgIpc) is 2.59. The third kappa shape index (κ3) is 5.01. The van der Waals surface area contributed by atoms with Gasteiger partial charge in [-0.25, -0.2) is 0 Å². The van der Waals surface area contributed by atoms with Gasteiger partial charge in [0.2, 0.25) is 0 Å². The van der Waals surface area contributed by atoms with Gasteiger partial charge in [0.1, 0.15) is 11.2 Å². The molecule has 2 saturated carbocycles. The molecule has 2 fully saturated rings. The summed E-state index contributed by atoms with van der Waals surface area (Å²) in [4.78, 5) is 25.7. The molecule has 2 rings (SSSR count). The van der Waals surface area contributed by atoms with Gasteiger partial charge in [-0.1, -0.05) is 26.7 Å². The fourth-order valence-corrected chi connectivity index (χ4v) is 4.40. The van der Waals surface area contributed by atoms with Gasteiger partial charge in [-0.2, -0.15) is 0 Å². The van der Waals surface area contributed by atoms with Gasteiger partial charge < -0.3 is 9.47 Å². The van der Waals surface area contributed by atoms with E-state index in [0.29, 0.717) is 0 Å². The van der Waals surface area contributed by atoms with Crippen LogP contribution in [0.3, 0.4) is 0 Å². The molecule has 0 bridgehead atoms.